The average Bonchev–Trinajstić information content (AvgIpc) is 3.14. The quantitative estimate of drug-likeness (QED) is 0.801. The van der Waals surface area contributed by atoms with E-state index in [2.05, 4.69) is 4.98 Å². The zero-order valence-corrected chi connectivity index (χ0v) is 10.3. The van der Waals surface area contributed by atoms with Gasteiger partial charge in [-0.25, -0.2) is 0 Å². The fourth-order valence-corrected chi connectivity index (χ4v) is 1.82. The van der Waals surface area contributed by atoms with Crippen LogP contribution in [0.1, 0.15) is 29.6 Å². The van der Waals surface area contributed by atoms with Gasteiger partial charge in [0.15, 0.2) is 0 Å². The zero-order chi connectivity index (χ0) is 12.3. The van der Waals surface area contributed by atoms with E-state index in [4.69, 9.17) is 18.0 Å². The predicted molar refractivity (Wildman–Crippen MR) is 69.7 cm³/mol. The minimum atomic E-state index is 0.0474. The first-order valence-electron chi connectivity index (χ1n) is 5.68. The summed E-state index contributed by atoms with van der Waals surface area (Å²) in [5.74, 6) is 0.0474. The number of thiocarbonyl (C=S) groups is 1. The van der Waals surface area contributed by atoms with Crippen molar-refractivity contribution >= 4 is 23.1 Å². The summed E-state index contributed by atoms with van der Waals surface area (Å²) in [7, 11) is 0. The van der Waals surface area contributed by atoms with E-state index in [1.54, 1.807) is 24.5 Å². The van der Waals surface area contributed by atoms with E-state index in [1.165, 1.54) is 0 Å². The SMILES string of the molecule is NC(=S)CCN(C(=O)c1ccncc1)C1CC1. The first-order chi connectivity index (χ1) is 8.18. The Morgan fingerprint density at radius 1 is 1.47 bits per heavy atom. The van der Waals surface area contributed by atoms with Gasteiger partial charge in [0.2, 0.25) is 0 Å². The van der Waals surface area contributed by atoms with E-state index in [0.29, 0.717) is 29.6 Å². The topological polar surface area (TPSA) is 59.2 Å². The van der Waals surface area contributed by atoms with Gasteiger partial charge in [-0.05, 0) is 25.0 Å². The maximum absolute atomic E-state index is 12.3. The normalized spacial score (nSPS) is 14.4. The van der Waals surface area contributed by atoms with E-state index in [-0.39, 0.29) is 5.91 Å². The molecular weight excluding hydrogens is 234 g/mol. The lowest BCUT2D eigenvalue weighted by Gasteiger charge is -2.22. The lowest BCUT2D eigenvalue weighted by molar-refractivity contribution is 0.0748. The Morgan fingerprint density at radius 3 is 2.65 bits per heavy atom. The highest BCUT2D eigenvalue weighted by molar-refractivity contribution is 7.80. The van der Waals surface area contributed by atoms with Gasteiger partial charge in [0.25, 0.3) is 5.91 Å². The molecule has 1 amide bonds. The molecule has 0 aliphatic heterocycles. The lowest BCUT2D eigenvalue weighted by Crippen LogP contribution is -2.35. The Bertz CT molecular complexity index is 417. The summed E-state index contributed by atoms with van der Waals surface area (Å²) >= 11 is 4.85. The molecule has 1 heterocycles. The number of carbonyl (C=O) groups excluding carboxylic acids is 1. The standard InChI is InChI=1S/C12H15N3OS/c13-11(17)5-8-15(10-1-2-10)12(16)9-3-6-14-7-4-9/h3-4,6-7,10H,1-2,5,8H2,(H2,13,17). The molecule has 1 aromatic rings. The number of aromatic nitrogens is 1. The van der Waals surface area contributed by atoms with E-state index in [9.17, 15) is 4.79 Å². The molecule has 1 aliphatic carbocycles. The largest absolute Gasteiger partial charge is 0.393 e. The molecule has 17 heavy (non-hydrogen) atoms. The summed E-state index contributed by atoms with van der Waals surface area (Å²) in [4.78, 5) is 18.5. The van der Waals surface area contributed by atoms with Crippen LogP contribution in [0.4, 0.5) is 0 Å². The molecule has 0 spiro atoms. The second kappa shape index (κ2) is 5.23. The van der Waals surface area contributed by atoms with Gasteiger partial charge in [-0.2, -0.15) is 0 Å². The third-order valence-corrected chi connectivity index (χ3v) is 2.98. The van der Waals surface area contributed by atoms with Crippen LogP contribution in [0.15, 0.2) is 24.5 Å². The van der Waals surface area contributed by atoms with Crippen LogP contribution >= 0.6 is 12.2 Å². The number of carbonyl (C=O) groups is 1. The third-order valence-electron chi connectivity index (χ3n) is 2.77. The van der Waals surface area contributed by atoms with E-state index in [0.717, 1.165) is 12.8 Å². The van der Waals surface area contributed by atoms with Crippen molar-refractivity contribution in [1.29, 1.82) is 0 Å². The van der Waals surface area contributed by atoms with Gasteiger partial charge in [0.1, 0.15) is 0 Å². The number of hydrogen-bond donors (Lipinski definition) is 1. The number of rotatable bonds is 5. The Kier molecular flexibility index (Phi) is 3.68. The lowest BCUT2D eigenvalue weighted by atomic mass is 10.2. The molecule has 1 fully saturated rings. The predicted octanol–water partition coefficient (Wildman–Crippen LogP) is 1.36. The van der Waals surface area contributed by atoms with E-state index >= 15 is 0 Å². The molecule has 0 atom stereocenters. The molecule has 1 aliphatic rings. The van der Waals surface area contributed by atoms with Crippen molar-refractivity contribution in [2.75, 3.05) is 6.54 Å². The Balaban J connectivity index is 2.05. The number of amides is 1. The van der Waals surface area contributed by atoms with E-state index < -0.39 is 0 Å². The molecule has 0 aromatic carbocycles. The third kappa shape index (κ3) is 3.23. The maximum Gasteiger partial charge on any atom is 0.254 e. The summed E-state index contributed by atoms with van der Waals surface area (Å²) in [6.07, 6.45) is 6.00. The molecule has 0 radical (unpaired) electrons. The average molecular weight is 249 g/mol. The molecule has 0 unspecified atom stereocenters. The summed E-state index contributed by atoms with van der Waals surface area (Å²) in [5, 5.41) is 0. The van der Waals surface area contributed by atoms with Gasteiger partial charge < -0.3 is 10.6 Å². The molecule has 2 rings (SSSR count). The molecule has 0 bridgehead atoms. The summed E-state index contributed by atoms with van der Waals surface area (Å²) in [6.45, 7) is 0.612. The zero-order valence-electron chi connectivity index (χ0n) is 9.50. The fraction of sp³-hybridized carbons (Fsp3) is 0.417. The van der Waals surface area contributed by atoms with Crippen LogP contribution < -0.4 is 5.73 Å². The van der Waals surface area contributed by atoms with Crippen LogP contribution in [-0.2, 0) is 0 Å². The molecule has 4 nitrogen and oxygen atoms in total. The Hall–Kier alpha value is -1.49. The summed E-state index contributed by atoms with van der Waals surface area (Å²) in [5.41, 5.74) is 6.16. The van der Waals surface area contributed by atoms with Crippen molar-refractivity contribution in [1.82, 2.24) is 9.88 Å². The highest BCUT2D eigenvalue weighted by Gasteiger charge is 2.32. The number of nitrogens with zero attached hydrogens (tertiary/aromatic N) is 2. The van der Waals surface area contributed by atoms with Crippen molar-refractivity contribution in [3.63, 3.8) is 0 Å². The minimum Gasteiger partial charge on any atom is -0.393 e. The fourth-order valence-electron chi connectivity index (χ4n) is 1.73. The van der Waals surface area contributed by atoms with Crippen molar-refractivity contribution in [3.05, 3.63) is 30.1 Å². The number of pyridine rings is 1. The van der Waals surface area contributed by atoms with Crippen molar-refractivity contribution < 1.29 is 4.79 Å². The molecule has 0 saturated heterocycles. The summed E-state index contributed by atoms with van der Waals surface area (Å²) < 4.78 is 0. The Morgan fingerprint density at radius 2 is 2.12 bits per heavy atom. The van der Waals surface area contributed by atoms with Crippen LogP contribution in [0.25, 0.3) is 0 Å². The molecule has 1 aromatic heterocycles. The highest BCUT2D eigenvalue weighted by atomic mass is 32.1. The van der Waals surface area contributed by atoms with Gasteiger partial charge in [0.05, 0.1) is 4.99 Å². The molecule has 1 saturated carbocycles. The van der Waals surface area contributed by atoms with Crippen LogP contribution in [0.3, 0.4) is 0 Å². The minimum absolute atomic E-state index is 0.0474. The van der Waals surface area contributed by atoms with Gasteiger partial charge in [0, 0.05) is 37.0 Å². The van der Waals surface area contributed by atoms with Gasteiger partial charge in [-0.3, -0.25) is 9.78 Å². The first-order valence-corrected chi connectivity index (χ1v) is 6.08. The van der Waals surface area contributed by atoms with Gasteiger partial charge >= 0.3 is 0 Å². The van der Waals surface area contributed by atoms with Crippen LogP contribution in [0.2, 0.25) is 0 Å². The molecule has 5 heteroatoms. The Labute approximate surface area is 106 Å². The van der Waals surface area contributed by atoms with Crippen LogP contribution in [-0.4, -0.2) is 33.4 Å². The van der Waals surface area contributed by atoms with Crippen LogP contribution in [0.5, 0.6) is 0 Å². The number of nitrogens with two attached hydrogens (primary N) is 1. The second-order valence-electron chi connectivity index (χ2n) is 4.18. The van der Waals surface area contributed by atoms with E-state index in [1.807, 2.05) is 4.90 Å². The van der Waals surface area contributed by atoms with Gasteiger partial charge in [-0.1, -0.05) is 12.2 Å². The van der Waals surface area contributed by atoms with Gasteiger partial charge in [-0.15, -0.1) is 0 Å². The van der Waals surface area contributed by atoms with Crippen LogP contribution in [0, 0.1) is 0 Å². The number of hydrogen-bond acceptors (Lipinski definition) is 3. The van der Waals surface area contributed by atoms with Crippen molar-refractivity contribution in [2.24, 2.45) is 5.73 Å². The second-order valence-corrected chi connectivity index (χ2v) is 4.71. The van der Waals surface area contributed by atoms with Crippen molar-refractivity contribution in [3.8, 4) is 0 Å². The first kappa shape index (κ1) is 12.0. The maximum atomic E-state index is 12.3. The highest BCUT2D eigenvalue weighted by Crippen LogP contribution is 2.28. The summed E-state index contributed by atoms with van der Waals surface area (Å²) in [6, 6.07) is 3.83. The molecule has 2 N–H and O–H groups in total. The molecule has 90 valence electrons. The molecular formula is C12H15N3OS. The smallest absolute Gasteiger partial charge is 0.254 e. The van der Waals surface area contributed by atoms with Crippen molar-refractivity contribution in [2.45, 2.75) is 25.3 Å². The monoisotopic (exact) mass is 249 g/mol.